The molecule has 2 aromatic rings. The minimum absolute atomic E-state index is 0.513. The summed E-state index contributed by atoms with van der Waals surface area (Å²) >= 11 is 1.74. The molecule has 0 spiro atoms. The smallest absolute Gasteiger partial charge is 0.150 e. The Balaban J connectivity index is 2.04. The lowest BCUT2D eigenvalue weighted by molar-refractivity contribution is 0.579. The van der Waals surface area contributed by atoms with Crippen molar-refractivity contribution in [1.29, 1.82) is 0 Å². The van der Waals surface area contributed by atoms with Gasteiger partial charge in [0, 0.05) is 12.6 Å². The molecule has 3 rings (SSSR count). The van der Waals surface area contributed by atoms with Gasteiger partial charge in [0.1, 0.15) is 12.1 Å². The van der Waals surface area contributed by atoms with E-state index in [1.165, 1.54) is 10.3 Å². The van der Waals surface area contributed by atoms with Gasteiger partial charge in [-0.05, 0) is 43.7 Å². The lowest BCUT2D eigenvalue weighted by Crippen LogP contribution is -2.28. The van der Waals surface area contributed by atoms with Gasteiger partial charge in [0.2, 0.25) is 0 Å². The Morgan fingerprint density at radius 1 is 1.50 bits per heavy atom. The summed E-state index contributed by atoms with van der Waals surface area (Å²) in [6, 6.07) is 0.513. The van der Waals surface area contributed by atoms with Crippen molar-refractivity contribution in [2.75, 3.05) is 18.0 Å². The Morgan fingerprint density at radius 3 is 3.06 bits per heavy atom. The van der Waals surface area contributed by atoms with Gasteiger partial charge < -0.3 is 10.6 Å². The first-order chi connectivity index (χ1) is 8.70. The maximum absolute atomic E-state index is 5.80. The minimum Gasteiger partial charge on any atom is -0.352 e. The van der Waals surface area contributed by atoms with Crippen molar-refractivity contribution in [1.82, 2.24) is 9.97 Å². The molecule has 2 atom stereocenters. The number of aryl methyl sites for hydroxylation is 1. The van der Waals surface area contributed by atoms with Gasteiger partial charge in [0.05, 0.1) is 10.2 Å². The van der Waals surface area contributed by atoms with Gasteiger partial charge in [0.15, 0.2) is 0 Å². The van der Waals surface area contributed by atoms with Gasteiger partial charge >= 0.3 is 0 Å². The second-order valence-corrected chi connectivity index (χ2v) is 6.01. The number of hydrogen-bond acceptors (Lipinski definition) is 5. The lowest BCUT2D eigenvalue weighted by atomic mass is 10.1. The fourth-order valence-corrected chi connectivity index (χ4v) is 3.78. The van der Waals surface area contributed by atoms with E-state index in [0.717, 1.165) is 30.8 Å². The van der Waals surface area contributed by atoms with Crippen molar-refractivity contribution >= 4 is 27.4 Å². The molecule has 3 heterocycles. The maximum Gasteiger partial charge on any atom is 0.150 e. The largest absolute Gasteiger partial charge is 0.352 e. The van der Waals surface area contributed by atoms with Gasteiger partial charge in [-0.2, -0.15) is 0 Å². The fraction of sp³-hybridized carbons (Fsp3) is 0.538. The summed E-state index contributed by atoms with van der Waals surface area (Å²) < 4.78 is 1.21. The summed E-state index contributed by atoms with van der Waals surface area (Å²) in [6.45, 7) is 6.13. The first-order valence-electron chi connectivity index (χ1n) is 6.36. The van der Waals surface area contributed by atoms with Crippen LogP contribution in [0.5, 0.6) is 0 Å². The van der Waals surface area contributed by atoms with Crippen LogP contribution in [0, 0.1) is 12.8 Å². The molecule has 2 N–H and O–H groups in total. The first kappa shape index (κ1) is 11.9. The van der Waals surface area contributed by atoms with Crippen LogP contribution in [0.4, 0.5) is 5.82 Å². The quantitative estimate of drug-likeness (QED) is 0.901. The molecule has 1 aliphatic rings. The summed E-state index contributed by atoms with van der Waals surface area (Å²) in [6.07, 6.45) is 2.84. The molecule has 0 aromatic carbocycles. The van der Waals surface area contributed by atoms with E-state index in [1.807, 2.05) is 0 Å². The number of hydrogen-bond donors (Lipinski definition) is 1. The normalized spacial score (nSPS) is 24.1. The van der Waals surface area contributed by atoms with Crippen LogP contribution in [0.2, 0.25) is 0 Å². The maximum atomic E-state index is 5.80. The van der Waals surface area contributed by atoms with Crippen LogP contribution in [0.3, 0.4) is 0 Å². The Bertz CT molecular complexity index is 565. The fourth-order valence-electron chi connectivity index (χ4n) is 2.77. The monoisotopic (exact) mass is 262 g/mol. The molecule has 0 saturated carbocycles. The summed E-state index contributed by atoms with van der Waals surface area (Å²) in [7, 11) is 0. The highest BCUT2D eigenvalue weighted by Crippen LogP contribution is 2.35. The highest BCUT2D eigenvalue weighted by atomic mass is 32.1. The van der Waals surface area contributed by atoms with E-state index < -0.39 is 0 Å². The number of nitrogens with zero attached hydrogens (tertiary/aromatic N) is 3. The topological polar surface area (TPSA) is 55.0 Å². The highest BCUT2D eigenvalue weighted by molar-refractivity contribution is 7.18. The number of aromatic nitrogens is 2. The molecule has 5 heteroatoms. The van der Waals surface area contributed by atoms with Crippen LogP contribution in [-0.2, 0) is 0 Å². The van der Waals surface area contributed by atoms with Crippen LogP contribution in [0.1, 0.15) is 18.9 Å². The lowest BCUT2D eigenvalue weighted by Gasteiger charge is -2.22. The third-order valence-corrected chi connectivity index (χ3v) is 4.86. The van der Waals surface area contributed by atoms with E-state index >= 15 is 0 Å². The summed E-state index contributed by atoms with van der Waals surface area (Å²) in [5, 5.41) is 2.16. The SMILES string of the molecule is Cc1csc2c(N3CC(CN)CC3C)ncnc12. The standard InChI is InChI=1S/C13H18N4S/c1-8-6-18-12-11(8)15-7-16-13(12)17-5-10(4-14)3-9(17)2/h6-7,9-10H,3-5,14H2,1-2H3. The van der Waals surface area contributed by atoms with Crippen molar-refractivity contribution in [3.8, 4) is 0 Å². The molecular weight excluding hydrogens is 244 g/mol. The second-order valence-electron chi connectivity index (χ2n) is 5.13. The Morgan fingerprint density at radius 2 is 2.33 bits per heavy atom. The predicted octanol–water partition coefficient (Wildman–Crippen LogP) is 2.17. The van der Waals surface area contributed by atoms with Crippen molar-refractivity contribution < 1.29 is 0 Å². The number of anilines is 1. The Hall–Kier alpha value is -1.20. The molecule has 0 radical (unpaired) electrons. The zero-order valence-electron chi connectivity index (χ0n) is 10.8. The van der Waals surface area contributed by atoms with Gasteiger partial charge in [-0.1, -0.05) is 0 Å². The Labute approximate surface area is 111 Å². The molecule has 0 amide bonds. The van der Waals surface area contributed by atoms with Crippen LogP contribution in [0.25, 0.3) is 10.2 Å². The van der Waals surface area contributed by atoms with Gasteiger partial charge in [0.25, 0.3) is 0 Å². The molecular formula is C13H18N4S. The summed E-state index contributed by atoms with van der Waals surface area (Å²) in [4.78, 5) is 11.3. The second kappa shape index (κ2) is 4.48. The highest BCUT2D eigenvalue weighted by Gasteiger charge is 2.30. The zero-order valence-corrected chi connectivity index (χ0v) is 11.6. The van der Waals surface area contributed by atoms with E-state index in [0.29, 0.717) is 12.0 Å². The Kier molecular flexibility index (Phi) is 2.95. The van der Waals surface area contributed by atoms with Crippen LogP contribution in [0.15, 0.2) is 11.7 Å². The van der Waals surface area contributed by atoms with Crippen LogP contribution in [-0.4, -0.2) is 29.1 Å². The molecule has 0 bridgehead atoms. The molecule has 96 valence electrons. The molecule has 18 heavy (non-hydrogen) atoms. The minimum atomic E-state index is 0.513. The van der Waals surface area contributed by atoms with E-state index in [-0.39, 0.29) is 0 Å². The number of thiophene rings is 1. The zero-order chi connectivity index (χ0) is 12.7. The van der Waals surface area contributed by atoms with Crippen molar-refractivity contribution in [3.63, 3.8) is 0 Å². The molecule has 1 saturated heterocycles. The average molecular weight is 262 g/mol. The third kappa shape index (κ3) is 1.78. The van der Waals surface area contributed by atoms with Gasteiger partial charge in [-0.3, -0.25) is 0 Å². The molecule has 1 fully saturated rings. The van der Waals surface area contributed by atoms with E-state index in [4.69, 9.17) is 5.73 Å². The van der Waals surface area contributed by atoms with Crippen LogP contribution >= 0.6 is 11.3 Å². The third-order valence-electron chi connectivity index (χ3n) is 3.78. The first-order valence-corrected chi connectivity index (χ1v) is 7.24. The van der Waals surface area contributed by atoms with E-state index in [1.54, 1.807) is 17.7 Å². The van der Waals surface area contributed by atoms with Crippen molar-refractivity contribution in [3.05, 3.63) is 17.3 Å². The van der Waals surface area contributed by atoms with Crippen molar-refractivity contribution in [2.24, 2.45) is 11.7 Å². The van der Waals surface area contributed by atoms with E-state index in [9.17, 15) is 0 Å². The predicted molar refractivity (Wildman–Crippen MR) is 76.1 cm³/mol. The molecule has 4 nitrogen and oxygen atoms in total. The van der Waals surface area contributed by atoms with Gasteiger partial charge in [-0.15, -0.1) is 11.3 Å². The number of rotatable bonds is 2. The molecule has 1 aliphatic heterocycles. The average Bonchev–Trinajstić information content (AvgIpc) is 2.93. The molecule has 2 unspecified atom stereocenters. The number of fused-ring (bicyclic) bond motifs is 1. The molecule has 2 aromatic heterocycles. The van der Waals surface area contributed by atoms with Crippen LogP contribution < -0.4 is 10.6 Å². The van der Waals surface area contributed by atoms with Crippen molar-refractivity contribution in [2.45, 2.75) is 26.3 Å². The van der Waals surface area contributed by atoms with Gasteiger partial charge in [-0.25, -0.2) is 9.97 Å². The number of nitrogens with two attached hydrogens (primary N) is 1. The summed E-state index contributed by atoms with van der Waals surface area (Å²) in [5.74, 6) is 1.67. The van der Waals surface area contributed by atoms with E-state index in [2.05, 4.69) is 34.1 Å². The molecule has 0 aliphatic carbocycles. The summed E-state index contributed by atoms with van der Waals surface area (Å²) in [5.41, 5.74) is 8.12.